The average molecular weight is 283 g/mol. The van der Waals surface area contributed by atoms with Crippen LogP contribution < -0.4 is 5.32 Å². The van der Waals surface area contributed by atoms with E-state index < -0.39 is 0 Å². The highest BCUT2D eigenvalue weighted by molar-refractivity contribution is 5.81. The number of nitrogens with one attached hydrogen (secondary N) is 1. The molecule has 0 aromatic rings. The third-order valence-corrected chi connectivity index (χ3v) is 4.04. The molecule has 5 nitrogen and oxygen atoms in total. The van der Waals surface area contributed by atoms with Crippen molar-refractivity contribution < 1.29 is 9.53 Å². The normalized spacial score (nSPS) is 22.4. The fourth-order valence-corrected chi connectivity index (χ4v) is 2.65. The Morgan fingerprint density at radius 2 is 2.30 bits per heavy atom. The molecule has 0 saturated carbocycles. The molecule has 0 radical (unpaired) electrons. The number of methoxy groups -OCH3 is 1. The average Bonchev–Trinajstić information content (AvgIpc) is 2.49. The fourth-order valence-electron chi connectivity index (χ4n) is 2.65. The molecule has 20 heavy (non-hydrogen) atoms. The summed E-state index contributed by atoms with van der Waals surface area (Å²) in [5, 5.41) is 2.88. The molecule has 0 bridgehead atoms. The summed E-state index contributed by atoms with van der Waals surface area (Å²) in [5.41, 5.74) is 0. The van der Waals surface area contributed by atoms with Gasteiger partial charge in [0.25, 0.3) is 0 Å². The van der Waals surface area contributed by atoms with Crippen molar-refractivity contribution in [2.75, 3.05) is 46.4 Å². The lowest BCUT2D eigenvalue weighted by Gasteiger charge is -2.43. The predicted molar refractivity (Wildman–Crippen MR) is 81.8 cm³/mol. The number of amides is 1. The van der Waals surface area contributed by atoms with Gasteiger partial charge in [0.15, 0.2) is 0 Å². The number of hydrogen-bond acceptors (Lipinski definition) is 4. The van der Waals surface area contributed by atoms with Crippen LogP contribution in [0, 0.1) is 0 Å². The van der Waals surface area contributed by atoms with E-state index in [1.807, 2.05) is 6.92 Å². The first-order valence-corrected chi connectivity index (χ1v) is 7.49. The first kappa shape index (κ1) is 17.1. The molecule has 1 fully saturated rings. The van der Waals surface area contributed by atoms with Gasteiger partial charge in [0.2, 0.25) is 5.91 Å². The van der Waals surface area contributed by atoms with Crippen LogP contribution in [0.1, 0.15) is 20.3 Å². The van der Waals surface area contributed by atoms with Crippen molar-refractivity contribution in [1.82, 2.24) is 15.1 Å². The molecule has 116 valence electrons. The third kappa shape index (κ3) is 4.89. The van der Waals surface area contributed by atoms with E-state index in [0.29, 0.717) is 12.6 Å². The van der Waals surface area contributed by atoms with Gasteiger partial charge in [0.1, 0.15) is 0 Å². The Balaban J connectivity index is 2.50. The van der Waals surface area contributed by atoms with Crippen LogP contribution in [0.5, 0.6) is 0 Å². The van der Waals surface area contributed by atoms with E-state index in [-0.39, 0.29) is 11.9 Å². The Hall–Kier alpha value is -0.910. The first-order valence-electron chi connectivity index (χ1n) is 7.49. The zero-order valence-electron chi connectivity index (χ0n) is 13.1. The zero-order valence-corrected chi connectivity index (χ0v) is 13.1. The van der Waals surface area contributed by atoms with E-state index in [1.165, 1.54) is 0 Å². The maximum Gasteiger partial charge on any atom is 0.237 e. The smallest absolute Gasteiger partial charge is 0.237 e. The second-order valence-electron chi connectivity index (χ2n) is 5.30. The summed E-state index contributed by atoms with van der Waals surface area (Å²) in [6, 6.07) is 0.433. The summed E-state index contributed by atoms with van der Waals surface area (Å²) in [7, 11) is 1.74. The lowest BCUT2D eigenvalue weighted by Crippen LogP contribution is -2.58. The zero-order chi connectivity index (χ0) is 15.0. The van der Waals surface area contributed by atoms with Crippen LogP contribution in [0.15, 0.2) is 12.7 Å². The first-order chi connectivity index (χ1) is 9.63. The molecule has 0 spiro atoms. The summed E-state index contributed by atoms with van der Waals surface area (Å²) in [6.07, 6.45) is 2.81. The highest BCUT2D eigenvalue weighted by Gasteiger charge is 2.30. The topological polar surface area (TPSA) is 44.8 Å². The number of ether oxygens (including phenoxy) is 1. The van der Waals surface area contributed by atoms with Crippen molar-refractivity contribution in [2.45, 2.75) is 32.4 Å². The van der Waals surface area contributed by atoms with E-state index in [1.54, 1.807) is 13.2 Å². The summed E-state index contributed by atoms with van der Waals surface area (Å²) in [6.45, 7) is 13.0. The Kier molecular flexibility index (Phi) is 7.80. The van der Waals surface area contributed by atoms with Crippen LogP contribution >= 0.6 is 0 Å². The molecule has 1 saturated heterocycles. The molecule has 1 aliphatic rings. The van der Waals surface area contributed by atoms with Gasteiger partial charge < -0.3 is 10.1 Å². The van der Waals surface area contributed by atoms with E-state index in [0.717, 1.165) is 39.2 Å². The molecule has 1 aliphatic heterocycles. The van der Waals surface area contributed by atoms with Crippen LogP contribution in [0.2, 0.25) is 0 Å². The van der Waals surface area contributed by atoms with Gasteiger partial charge in [-0.1, -0.05) is 13.0 Å². The molecule has 0 unspecified atom stereocenters. The van der Waals surface area contributed by atoms with Crippen molar-refractivity contribution in [1.29, 1.82) is 0 Å². The number of hydrogen-bond donors (Lipinski definition) is 1. The van der Waals surface area contributed by atoms with Gasteiger partial charge >= 0.3 is 0 Å². The molecule has 1 N–H and O–H groups in total. The maximum atomic E-state index is 12.0. The standard InChI is InChI=1S/C15H29N3O2/c1-5-7-16-15(19)13(3)18-9-8-17(10-11-20-4)14(6-2)12-18/h5,13-14H,1,6-12H2,2-4H3,(H,16,19)/t13-,14-/m0/s1. The minimum atomic E-state index is -0.0754. The second kappa shape index (κ2) is 9.10. The van der Waals surface area contributed by atoms with Crippen LogP contribution in [0.4, 0.5) is 0 Å². The Morgan fingerprint density at radius 3 is 2.90 bits per heavy atom. The quantitative estimate of drug-likeness (QED) is 0.667. The molecule has 0 aliphatic carbocycles. The summed E-state index contributed by atoms with van der Waals surface area (Å²) in [5.74, 6) is 0.0881. The largest absolute Gasteiger partial charge is 0.383 e. The summed E-state index contributed by atoms with van der Waals surface area (Å²) < 4.78 is 5.17. The molecule has 1 heterocycles. The lowest BCUT2D eigenvalue weighted by molar-refractivity contribution is -0.127. The second-order valence-corrected chi connectivity index (χ2v) is 5.30. The lowest BCUT2D eigenvalue weighted by atomic mass is 10.1. The van der Waals surface area contributed by atoms with E-state index in [9.17, 15) is 4.79 Å². The Morgan fingerprint density at radius 1 is 1.55 bits per heavy atom. The van der Waals surface area contributed by atoms with Crippen LogP contribution in [0.3, 0.4) is 0 Å². The molecule has 1 rings (SSSR count). The minimum Gasteiger partial charge on any atom is -0.383 e. The van der Waals surface area contributed by atoms with E-state index >= 15 is 0 Å². The van der Waals surface area contributed by atoms with E-state index in [2.05, 4.69) is 28.6 Å². The molecular weight excluding hydrogens is 254 g/mol. The van der Waals surface area contributed by atoms with Gasteiger partial charge in [-0.05, 0) is 13.3 Å². The van der Waals surface area contributed by atoms with Gasteiger partial charge in [-0.2, -0.15) is 0 Å². The van der Waals surface area contributed by atoms with Crippen molar-refractivity contribution >= 4 is 5.91 Å². The van der Waals surface area contributed by atoms with Crippen molar-refractivity contribution in [3.63, 3.8) is 0 Å². The van der Waals surface area contributed by atoms with Crippen LogP contribution in [0.25, 0.3) is 0 Å². The Labute approximate surface area is 122 Å². The molecule has 0 aromatic carbocycles. The Bertz CT molecular complexity index is 309. The van der Waals surface area contributed by atoms with E-state index in [4.69, 9.17) is 4.74 Å². The monoisotopic (exact) mass is 283 g/mol. The molecule has 2 atom stereocenters. The fraction of sp³-hybridized carbons (Fsp3) is 0.800. The predicted octanol–water partition coefficient (Wildman–Crippen LogP) is 0.720. The summed E-state index contributed by atoms with van der Waals surface area (Å²) >= 11 is 0. The van der Waals surface area contributed by atoms with Crippen LogP contribution in [-0.2, 0) is 9.53 Å². The highest BCUT2D eigenvalue weighted by atomic mass is 16.5. The number of nitrogens with zero attached hydrogens (tertiary/aromatic N) is 2. The van der Waals surface area contributed by atoms with Gasteiger partial charge in [-0.25, -0.2) is 0 Å². The minimum absolute atomic E-state index is 0.0754. The SMILES string of the molecule is C=CCNC(=O)[C@H](C)N1CCN(CCOC)[C@@H](CC)C1. The number of carbonyl (C=O) groups is 1. The summed E-state index contributed by atoms with van der Waals surface area (Å²) in [4.78, 5) is 16.8. The van der Waals surface area contributed by atoms with Crippen molar-refractivity contribution in [3.05, 3.63) is 12.7 Å². The van der Waals surface area contributed by atoms with Gasteiger partial charge in [0.05, 0.1) is 12.6 Å². The van der Waals surface area contributed by atoms with Gasteiger partial charge in [-0.15, -0.1) is 6.58 Å². The number of rotatable bonds is 8. The van der Waals surface area contributed by atoms with Gasteiger partial charge in [-0.3, -0.25) is 14.6 Å². The maximum absolute atomic E-state index is 12.0. The van der Waals surface area contributed by atoms with Gasteiger partial charge in [0, 0.05) is 45.9 Å². The van der Waals surface area contributed by atoms with Crippen molar-refractivity contribution in [3.8, 4) is 0 Å². The number of carbonyl (C=O) groups excluding carboxylic acids is 1. The van der Waals surface area contributed by atoms with Crippen molar-refractivity contribution in [2.24, 2.45) is 0 Å². The molecule has 0 aromatic heterocycles. The molecule has 1 amide bonds. The molecule has 5 heteroatoms. The number of piperazine rings is 1. The molecular formula is C15H29N3O2. The van der Waals surface area contributed by atoms with Crippen LogP contribution in [-0.4, -0.2) is 74.2 Å². The highest BCUT2D eigenvalue weighted by Crippen LogP contribution is 2.15. The third-order valence-electron chi connectivity index (χ3n) is 4.04.